The lowest BCUT2D eigenvalue weighted by atomic mass is 9.86. The van der Waals surface area contributed by atoms with Crippen molar-refractivity contribution in [2.75, 3.05) is 0 Å². The van der Waals surface area contributed by atoms with E-state index in [1.54, 1.807) is 19.1 Å². The maximum absolute atomic E-state index is 14.1. The molecular weight excluding hydrogens is 277 g/mol. The van der Waals surface area contributed by atoms with Crippen LogP contribution in [0.1, 0.15) is 38.3 Å². The number of isothiocyanates is 1. The Morgan fingerprint density at radius 2 is 2.00 bits per heavy atom. The van der Waals surface area contributed by atoms with Gasteiger partial charge in [0.2, 0.25) is 0 Å². The molecular formula is C15H16FNO2S. The summed E-state index contributed by atoms with van der Waals surface area (Å²) in [5.74, 6) is -0.623. The Bertz CT molecular complexity index is 594. The molecule has 0 saturated heterocycles. The molecule has 0 aliphatic carbocycles. The normalized spacial score (nSPS) is 13.2. The molecule has 0 aliphatic rings. The maximum atomic E-state index is 14.1. The Balaban J connectivity index is 3.35. The molecule has 0 spiro atoms. The number of hydrogen-bond donors (Lipinski definition) is 0. The van der Waals surface area contributed by atoms with Crippen molar-refractivity contribution < 1.29 is 14.0 Å². The lowest BCUT2D eigenvalue weighted by molar-refractivity contribution is -0.118. The third-order valence-corrected chi connectivity index (χ3v) is 3.04. The third-order valence-electron chi connectivity index (χ3n) is 2.95. The molecule has 0 unspecified atom stereocenters. The Hall–Kier alpha value is -1.71. The topological polar surface area (TPSA) is 46.5 Å². The second-order valence-electron chi connectivity index (χ2n) is 5.05. The smallest absolute Gasteiger partial charge is 0.134 e. The Kier molecular flexibility index (Phi) is 5.43. The molecule has 0 fully saturated rings. The SMILES string of the molecule is CC(=O)Cc1ccc(F)c([C@](C)(CC(C)=O)N=C=S)c1. The Morgan fingerprint density at radius 3 is 2.50 bits per heavy atom. The Labute approximate surface area is 122 Å². The van der Waals surface area contributed by atoms with Crippen LogP contribution in [-0.2, 0) is 21.5 Å². The van der Waals surface area contributed by atoms with Crippen LogP contribution in [0.5, 0.6) is 0 Å². The summed E-state index contributed by atoms with van der Waals surface area (Å²) >= 11 is 4.59. The highest BCUT2D eigenvalue weighted by atomic mass is 32.1. The average Bonchev–Trinajstić information content (AvgIpc) is 2.30. The lowest BCUT2D eigenvalue weighted by Gasteiger charge is -2.24. The van der Waals surface area contributed by atoms with E-state index in [1.807, 2.05) is 0 Å². The predicted octanol–water partition coefficient (Wildman–Crippen LogP) is 3.25. The van der Waals surface area contributed by atoms with Gasteiger partial charge < -0.3 is 0 Å². The fourth-order valence-corrected chi connectivity index (χ4v) is 2.36. The van der Waals surface area contributed by atoms with Crippen LogP contribution >= 0.6 is 12.2 Å². The summed E-state index contributed by atoms with van der Waals surface area (Å²) in [6.07, 6.45) is 0.238. The minimum atomic E-state index is -1.09. The zero-order valence-corrected chi connectivity index (χ0v) is 12.5. The predicted molar refractivity (Wildman–Crippen MR) is 78.5 cm³/mol. The van der Waals surface area contributed by atoms with Crippen LogP contribution in [0.15, 0.2) is 23.2 Å². The number of carbonyl (C=O) groups excluding carboxylic acids is 2. The van der Waals surface area contributed by atoms with Gasteiger partial charge >= 0.3 is 0 Å². The van der Waals surface area contributed by atoms with Crippen LogP contribution in [0.25, 0.3) is 0 Å². The lowest BCUT2D eigenvalue weighted by Crippen LogP contribution is -2.24. The van der Waals surface area contributed by atoms with Crippen molar-refractivity contribution >= 4 is 28.9 Å². The number of halogens is 1. The van der Waals surface area contributed by atoms with Crippen LogP contribution in [0.2, 0.25) is 0 Å². The van der Waals surface area contributed by atoms with Crippen molar-refractivity contribution in [1.29, 1.82) is 0 Å². The van der Waals surface area contributed by atoms with E-state index in [2.05, 4.69) is 22.4 Å². The van der Waals surface area contributed by atoms with Gasteiger partial charge in [0, 0.05) is 18.4 Å². The van der Waals surface area contributed by atoms with Crippen molar-refractivity contribution in [2.24, 2.45) is 4.99 Å². The monoisotopic (exact) mass is 293 g/mol. The molecule has 0 aromatic heterocycles. The van der Waals surface area contributed by atoms with Gasteiger partial charge in [0.05, 0.1) is 5.16 Å². The molecule has 106 valence electrons. The van der Waals surface area contributed by atoms with Crippen molar-refractivity contribution in [3.63, 3.8) is 0 Å². The van der Waals surface area contributed by atoms with Gasteiger partial charge in [-0.15, -0.1) is 0 Å². The van der Waals surface area contributed by atoms with Crippen LogP contribution < -0.4 is 0 Å². The first-order chi connectivity index (χ1) is 9.28. The zero-order chi connectivity index (χ0) is 15.3. The van der Waals surface area contributed by atoms with Crippen molar-refractivity contribution in [2.45, 2.75) is 39.2 Å². The summed E-state index contributed by atoms with van der Waals surface area (Å²) in [7, 11) is 0. The van der Waals surface area contributed by atoms with Crippen LogP contribution in [0.4, 0.5) is 4.39 Å². The molecule has 1 atom stereocenters. The van der Waals surface area contributed by atoms with E-state index in [-0.39, 0.29) is 30.0 Å². The van der Waals surface area contributed by atoms with Crippen molar-refractivity contribution in [1.82, 2.24) is 0 Å². The van der Waals surface area contributed by atoms with Crippen LogP contribution in [0.3, 0.4) is 0 Å². The summed E-state index contributed by atoms with van der Waals surface area (Å²) in [5.41, 5.74) is -0.156. The number of rotatable bonds is 6. The highest BCUT2D eigenvalue weighted by molar-refractivity contribution is 7.78. The molecule has 1 aromatic carbocycles. The van der Waals surface area contributed by atoms with Crippen LogP contribution in [0, 0.1) is 5.82 Å². The van der Waals surface area contributed by atoms with Gasteiger partial charge in [-0.1, -0.05) is 6.07 Å². The van der Waals surface area contributed by atoms with Gasteiger partial charge in [-0.25, -0.2) is 9.38 Å². The fraction of sp³-hybridized carbons (Fsp3) is 0.400. The molecule has 0 bridgehead atoms. The van der Waals surface area contributed by atoms with E-state index in [0.29, 0.717) is 5.56 Å². The first kappa shape index (κ1) is 16.3. The molecule has 0 N–H and O–H groups in total. The van der Waals surface area contributed by atoms with E-state index in [1.165, 1.54) is 19.9 Å². The third kappa shape index (κ3) is 4.15. The molecule has 0 aliphatic heterocycles. The first-order valence-corrected chi connectivity index (χ1v) is 6.56. The molecule has 0 heterocycles. The van der Waals surface area contributed by atoms with Gasteiger partial charge in [-0.3, -0.25) is 9.59 Å². The molecule has 1 aromatic rings. The average molecular weight is 293 g/mol. The number of ketones is 2. The van der Waals surface area contributed by atoms with E-state index in [0.717, 1.165) is 0 Å². The number of Topliss-reactive ketones (excluding diaryl/α,β-unsaturated/α-hetero) is 2. The molecule has 5 heteroatoms. The number of thiocarbonyl (C=S) groups is 1. The van der Waals surface area contributed by atoms with Gasteiger partial charge in [-0.2, -0.15) is 0 Å². The van der Waals surface area contributed by atoms with Gasteiger partial charge in [0.1, 0.15) is 22.9 Å². The Morgan fingerprint density at radius 1 is 1.35 bits per heavy atom. The summed E-state index contributed by atoms with van der Waals surface area (Å²) in [6, 6.07) is 4.40. The highest BCUT2D eigenvalue weighted by Crippen LogP contribution is 2.32. The van der Waals surface area contributed by atoms with Crippen molar-refractivity contribution in [3.05, 3.63) is 35.1 Å². The number of nitrogens with zero attached hydrogens (tertiary/aromatic N) is 1. The molecule has 3 nitrogen and oxygen atoms in total. The summed E-state index contributed by atoms with van der Waals surface area (Å²) in [4.78, 5) is 26.5. The second kappa shape index (κ2) is 6.64. The summed E-state index contributed by atoms with van der Waals surface area (Å²) < 4.78 is 14.1. The number of hydrogen-bond acceptors (Lipinski definition) is 4. The number of aliphatic imine (C=N–C) groups is 1. The summed E-state index contributed by atoms with van der Waals surface area (Å²) in [6.45, 7) is 4.51. The zero-order valence-electron chi connectivity index (χ0n) is 11.7. The van der Waals surface area contributed by atoms with Crippen molar-refractivity contribution in [3.8, 4) is 0 Å². The molecule has 0 amide bonds. The number of carbonyl (C=O) groups is 2. The quantitative estimate of drug-likeness (QED) is 0.597. The van der Waals surface area contributed by atoms with Gasteiger partial charge in [0.25, 0.3) is 0 Å². The number of benzene rings is 1. The minimum Gasteiger partial charge on any atom is -0.300 e. The largest absolute Gasteiger partial charge is 0.300 e. The van der Waals surface area contributed by atoms with E-state index in [9.17, 15) is 14.0 Å². The highest BCUT2D eigenvalue weighted by Gasteiger charge is 2.30. The maximum Gasteiger partial charge on any atom is 0.134 e. The fourth-order valence-electron chi connectivity index (χ4n) is 2.16. The molecule has 0 saturated carbocycles. The van der Waals surface area contributed by atoms with E-state index >= 15 is 0 Å². The second-order valence-corrected chi connectivity index (χ2v) is 5.23. The molecule has 0 radical (unpaired) electrons. The standard InChI is InChI=1S/C15H16FNO2S/c1-10(18)6-12-4-5-14(16)13(7-12)15(3,17-9-20)8-11(2)19/h4-5,7H,6,8H2,1-3H3/t15-/m0/s1. The van der Waals surface area contributed by atoms with E-state index < -0.39 is 11.4 Å². The minimum absolute atomic E-state index is 0.0193. The van der Waals surface area contributed by atoms with Gasteiger partial charge in [0.15, 0.2) is 0 Å². The van der Waals surface area contributed by atoms with Gasteiger partial charge in [-0.05, 0) is 50.7 Å². The molecule has 20 heavy (non-hydrogen) atoms. The first-order valence-electron chi connectivity index (χ1n) is 6.15. The van der Waals surface area contributed by atoms with Crippen LogP contribution in [-0.4, -0.2) is 16.7 Å². The van der Waals surface area contributed by atoms with E-state index in [4.69, 9.17) is 0 Å². The summed E-state index contributed by atoms with van der Waals surface area (Å²) in [5, 5.41) is 2.22. The molecule has 1 rings (SSSR count).